The third-order valence-corrected chi connectivity index (χ3v) is 2.09. The number of H-pyrrole nitrogens is 2. The predicted octanol–water partition coefficient (Wildman–Crippen LogP) is 0.602. The van der Waals surface area contributed by atoms with Gasteiger partial charge in [0.25, 0.3) is 5.56 Å². The molecule has 5 heteroatoms. The average molecular weight is 213 g/mol. The van der Waals surface area contributed by atoms with Crippen molar-refractivity contribution in [2.45, 2.75) is 0 Å². The van der Waals surface area contributed by atoms with E-state index < -0.39 is 11.2 Å². The number of aromatic nitrogens is 2. The van der Waals surface area contributed by atoms with Crippen LogP contribution in [0.2, 0.25) is 0 Å². The molecule has 0 atom stereocenters. The van der Waals surface area contributed by atoms with Crippen LogP contribution in [-0.2, 0) is 0 Å². The Morgan fingerprint density at radius 1 is 1.06 bits per heavy atom. The van der Waals surface area contributed by atoms with Crippen molar-refractivity contribution in [1.29, 1.82) is 5.26 Å². The Labute approximate surface area is 90.0 Å². The first-order valence-corrected chi connectivity index (χ1v) is 4.53. The first kappa shape index (κ1) is 9.93. The summed E-state index contributed by atoms with van der Waals surface area (Å²) in [6.45, 7) is 0. The van der Waals surface area contributed by atoms with Gasteiger partial charge in [-0.2, -0.15) is 5.26 Å². The van der Waals surface area contributed by atoms with Crippen molar-refractivity contribution in [1.82, 2.24) is 9.97 Å². The van der Waals surface area contributed by atoms with Gasteiger partial charge in [0.15, 0.2) is 0 Å². The third kappa shape index (κ3) is 1.91. The average Bonchev–Trinajstić information content (AvgIpc) is 2.28. The monoisotopic (exact) mass is 213 g/mol. The molecule has 0 saturated heterocycles. The van der Waals surface area contributed by atoms with Gasteiger partial charge in [-0.05, 0) is 17.7 Å². The molecule has 0 amide bonds. The molecule has 16 heavy (non-hydrogen) atoms. The zero-order valence-corrected chi connectivity index (χ0v) is 8.15. The Bertz CT molecular complexity index is 631. The molecule has 2 aromatic rings. The van der Waals surface area contributed by atoms with E-state index in [1.54, 1.807) is 24.3 Å². The lowest BCUT2D eigenvalue weighted by Gasteiger charge is -1.99. The molecular weight excluding hydrogens is 206 g/mol. The summed E-state index contributed by atoms with van der Waals surface area (Å²) in [7, 11) is 0. The molecule has 0 unspecified atom stereocenters. The van der Waals surface area contributed by atoms with E-state index in [-0.39, 0.29) is 0 Å². The van der Waals surface area contributed by atoms with E-state index in [0.29, 0.717) is 16.8 Å². The van der Waals surface area contributed by atoms with Gasteiger partial charge in [-0.1, -0.05) is 12.1 Å². The van der Waals surface area contributed by atoms with E-state index in [1.165, 1.54) is 6.07 Å². The Morgan fingerprint density at radius 2 is 1.75 bits per heavy atom. The fourth-order valence-corrected chi connectivity index (χ4v) is 1.35. The second-order valence-electron chi connectivity index (χ2n) is 3.19. The molecule has 0 aliphatic heterocycles. The topological polar surface area (TPSA) is 89.5 Å². The molecule has 2 rings (SSSR count). The van der Waals surface area contributed by atoms with Gasteiger partial charge in [0.1, 0.15) is 0 Å². The second kappa shape index (κ2) is 3.87. The molecule has 0 radical (unpaired) electrons. The highest BCUT2D eigenvalue weighted by Gasteiger charge is 2.00. The van der Waals surface area contributed by atoms with E-state index in [9.17, 15) is 9.59 Å². The number of nitriles is 1. The fourth-order valence-electron chi connectivity index (χ4n) is 1.35. The van der Waals surface area contributed by atoms with Gasteiger partial charge in [0.05, 0.1) is 17.3 Å². The van der Waals surface area contributed by atoms with Gasteiger partial charge < -0.3 is 4.98 Å². The SMILES string of the molecule is N#Cc1ccc(-c2cc(=O)[nH]c(=O)[nH]2)cc1. The predicted molar refractivity (Wildman–Crippen MR) is 57.8 cm³/mol. The highest BCUT2D eigenvalue weighted by Crippen LogP contribution is 2.14. The molecule has 1 heterocycles. The maximum atomic E-state index is 11.1. The Balaban J connectivity index is 2.55. The standard InChI is InChI=1S/C11H7N3O2/c12-6-7-1-3-8(4-2-7)9-5-10(15)14-11(16)13-9/h1-5H,(H2,13,14,15,16). The van der Waals surface area contributed by atoms with Crippen molar-refractivity contribution in [2.75, 3.05) is 0 Å². The first-order chi connectivity index (χ1) is 7.69. The van der Waals surface area contributed by atoms with Crippen molar-refractivity contribution in [3.63, 3.8) is 0 Å². The summed E-state index contributed by atoms with van der Waals surface area (Å²) in [5.41, 5.74) is 0.631. The summed E-state index contributed by atoms with van der Waals surface area (Å²) in [4.78, 5) is 26.7. The van der Waals surface area contributed by atoms with Crippen LogP contribution in [0.15, 0.2) is 39.9 Å². The molecule has 1 aromatic heterocycles. The summed E-state index contributed by atoms with van der Waals surface area (Å²) in [6.07, 6.45) is 0. The quantitative estimate of drug-likeness (QED) is 0.726. The third-order valence-electron chi connectivity index (χ3n) is 2.09. The van der Waals surface area contributed by atoms with Crippen LogP contribution >= 0.6 is 0 Å². The highest BCUT2D eigenvalue weighted by molar-refractivity contribution is 5.59. The molecule has 0 fully saturated rings. The van der Waals surface area contributed by atoms with E-state index in [2.05, 4.69) is 9.97 Å². The molecule has 0 spiro atoms. The summed E-state index contributed by atoms with van der Waals surface area (Å²) >= 11 is 0. The number of benzene rings is 1. The highest BCUT2D eigenvalue weighted by atomic mass is 16.2. The number of hydrogen-bond donors (Lipinski definition) is 2. The van der Waals surface area contributed by atoms with E-state index in [0.717, 1.165) is 0 Å². The van der Waals surface area contributed by atoms with Crippen molar-refractivity contribution < 1.29 is 0 Å². The molecule has 0 aliphatic rings. The summed E-state index contributed by atoms with van der Waals surface area (Å²) in [6, 6.07) is 9.86. The second-order valence-corrected chi connectivity index (χ2v) is 3.19. The minimum absolute atomic E-state index is 0.429. The molecule has 5 nitrogen and oxygen atoms in total. The van der Waals surface area contributed by atoms with E-state index in [4.69, 9.17) is 5.26 Å². The van der Waals surface area contributed by atoms with E-state index >= 15 is 0 Å². The lowest BCUT2D eigenvalue weighted by Crippen LogP contribution is -2.21. The Hall–Kier alpha value is -2.61. The van der Waals surface area contributed by atoms with Crippen molar-refractivity contribution in [3.05, 3.63) is 56.7 Å². The smallest absolute Gasteiger partial charge is 0.307 e. The number of nitrogens with zero attached hydrogens (tertiary/aromatic N) is 1. The fraction of sp³-hybridized carbons (Fsp3) is 0. The van der Waals surface area contributed by atoms with Crippen LogP contribution in [0.1, 0.15) is 5.56 Å². The Kier molecular flexibility index (Phi) is 2.40. The van der Waals surface area contributed by atoms with Crippen LogP contribution in [0.3, 0.4) is 0 Å². The van der Waals surface area contributed by atoms with Crippen LogP contribution in [0.4, 0.5) is 0 Å². The summed E-state index contributed by atoms with van der Waals surface area (Å²) < 4.78 is 0. The van der Waals surface area contributed by atoms with Crippen molar-refractivity contribution in [2.24, 2.45) is 0 Å². The number of hydrogen-bond acceptors (Lipinski definition) is 3. The molecular formula is C11H7N3O2. The molecule has 2 N–H and O–H groups in total. The van der Waals surface area contributed by atoms with Crippen LogP contribution in [0.5, 0.6) is 0 Å². The normalized spacial score (nSPS) is 9.69. The lowest BCUT2D eigenvalue weighted by atomic mass is 10.1. The van der Waals surface area contributed by atoms with Crippen molar-refractivity contribution in [3.8, 4) is 17.3 Å². The minimum atomic E-state index is -0.549. The van der Waals surface area contributed by atoms with Crippen LogP contribution in [-0.4, -0.2) is 9.97 Å². The van der Waals surface area contributed by atoms with Gasteiger partial charge in [0, 0.05) is 6.07 Å². The molecule has 1 aromatic carbocycles. The van der Waals surface area contributed by atoms with Crippen molar-refractivity contribution >= 4 is 0 Å². The van der Waals surface area contributed by atoms with Crippen LogP contribution < -0.4 is 11.2 Å². The molecule has 0 saturated carbocycles. The summed E-state index contributed by atoms with van der Waals surface area (Å²) in [5, 5.41) is 8.62. The maximum absolute atomic E-state index is 11.1. The van der Waals surface area contributed by atoms with Gasteiger partial charge in [0.2, 0.25) is 0 Å². The molecule has 0 aliphatic carbocycles. The van der Waals surface area contributed by atoms with E-state index in [1.807, 2.05) is 6.07 Å². The van der Waals surface area contributed by atoms with Crippen LogP contribution in [0.25, 0.3) is 11.3 Å². The maximum Gasteiger partial charge on any atom is 0.326 e. The van der Waals surface area contributed by atoms with Gasteiger partial charge in [-0.3, -0.25) is 9.78 Å². The summed E-state index contributed by atoms with van der Waals surface area (Å²) in [5.74, 6) is 0. The largest absolute Gasteiger partial charge is 0.326 e. The van der Waals surface area contributed by atoms with Gasteiger partial charge in [-0.25, -0.2) is 4.79 Å². The first-order valence-electron chi connectivity index (χ1n) is 4.53. The number of nitrogens with one attached hydrogen (secondary N) is 2. The minimum Gasteiger partial charge on any atom is -0.307 e. The zero-order valence-electron chi connectivity index (χ0n) is 8.15. The lowest BCUT2D eigenvalue weighted by molar-refractivity contribution is 1.04. The number of aromatic amines is 2. The van der Waals surface area contributed by atoms with Gasteiger partial charge >= 0.3 is 5.69 Å². The van der Waals surface area contributed by atoms with Gasteiger partial charge in [-0.15, -0.1) is 0 Å². The zero-order chi connectivity index (χ0) is 11.5. The van der Waals surface area contributed by atoms with Crippen LogP contribution in [0, 0.1) is 11.3 Å². The Morgan fingerprint density at radius 3 is 2.31 bits per heavy atom. The number of rotatable bonds is 1. The molecule has 0 bridgehead atoms. The molecule has 78 valence electrons.